The molecule has 0 aromatic heterocycles. The number of likely N-dealkylation sites (N-methyl/N-ethyl adjacent to an activating group) is 1. The second kappa shape index (κ2) is 6.46. The molecule has 0 saturated heterocycles. The average molecular weight is 307 g/mol. The number of hydrogen-bond acceptors (Lipinski definition) is 2. The third-order valence-corrected chi connectivity index (χ3v) is 4.77. The van der Waals surface area contributed by atoms with Gasteiger partial charge < -0.3 is 10.0 Å². The first-order valence-corrected chi connectivity index (χ1v) is 7.65. The van der Waals surface area contributed by atoms with Crippen LogP contribution in [0.4, 0.5) is 4.39 Å². The minimum absolute atomic E-state index is 0.282. The van der Waals surface area contributed by atoms with E-state index in [0.29, 0.717) is 18.4 Å². The van der Waals surface area contributed by atoms with Gasteiger partial charge in [0.25, 0.3) is 0 Å². The number of benzene rings is 1. The van der Waals surface area contributed by atoms with Crippen LogP contribution in [0, 0.1) is 5.82 Å². The Morgan fingerprint density at radius 2 is 1.91 bits per heavy atom. The molecule has 22 heavy (non-hydrogen) atoms. The smallest absolute Gasteiger partial charge is 0.329 e. The van der Waals surface area contributed by atoms with Crippen molar-refractivity contribution in [3.63, 3.8) is 0 Å². The van der Waals surface area contributed by atoms with Crippen LogP contribution in [0.2, 0.25) is 0 Å². The van der Waals surface area contributed by atoms with Crippen molar-refractivity contribution in [2.75, 3.05) is 7.05 Å². The quantitative estimate of drug-likeness (QED) is 0.929. The van der Waals surface area contributed by atoms with Gasteiger partial charge in [-0.15, -0.1) is 0 Å². The highest BCUT2D eigenvalue weighted by Crippen LogP contribution is 2.35. The molecule has 0 radical (unpaired) electrons. The minimum Gasteiger partial charge on any atom is -0.479 e. The van der Waals surface area contributed by atoms with Crippen LogP contribution in [0.3, 0.4) is 0 Å². The molecule has 1 aromatic carbocycles. The van der Waals surface area contributed by atoms with Crippen molar-refractivity contribution in [3.05, 3.63) is 35.6 Å². The summed E-state index contributed by atoms with van der Waals surface area (Å²) >= 11 is 0. The number of aliphatic carboxylic acids is 1. The van der Waals surface area contributed by atoms with E-state index in [9.17, 15) is 19.1 Å². The third kappa shape index (κ3) is 2.98. The van der Waals surface area contributed by atoms with E-state index in [1.165, 1.54) is 17.0 Å². The Bertz CT molecular complexity index is 567. The summed E-state index contributed by atoms with van der Waals surface area (Å²) in [6, 6.07) is 5.89. The topological polar surface area (TPSA) is 57.6 Å². The Morgan fingerprint density at radius 1 is 1.27 bits per heavy atom. The molecule has 1 atom stereocenters. The Kier molecular flexibility index (Phi) is 4.84. The number of carboxylic acids is 1. The lowest BCUT2D eigenvalue weighted by Gasteiger charge is -2.42. The molecule has 0 heterocycles. The van der Waals surface area contributed by atoms with E-state index in [1.807, 2.05) is 0 Å². The Hall–Kier alpha value is -1.91. The highest BCUT2D eigenvalue weighted by atomic mass is 19.1. The van der Waals surface area contributed by atoms with Gasteiger partial charge in [-0.25, -0.2) is 9.18 Å². The molecular weight excluding hydrogens is 285 g/mol. The minimum atomic E-state index is -1.13. The molecule has 4 nitrogen and oxygen atoms in total. The highest BCUT2D eigenvalue weighted by molar-refractivity contribution is 5.90. The number of carboxylic acid groups (broad SMARTS) is 1. The molecular formula is C17H22FNO3. The molecule has 2 rings (SSSR count). The van der Waals surface area contributed by atoms with Crippen LogP contribution < -0.4 is 0 Å². The van der Waals surface area contributed by atoms with Crippen LogP contribution in [0.15, 0.2) is 24.3 Å². The van der Waals surface area contributed by atoms with Gasteiger partial charge in [0.2, 0.25) is 5.91 Å². The first-order chi connectivity index (χ1) is 10.4. The molecule has 1 saturated carbocycles. The summed E-state index contributed by atoms with van der Waals surface area (Å²) in [5, 5.41) is 9.65. The van der Waals surface area contributed by atoms with E-state index >= 15 is 0 Å². The van der Waals surface area contributed by atoms with Crippen molar-refractivity contribution in [3.8, 4) is 0 Å². The SMILES string of the molecule is CC(C(=O)N(C)C1(C(=O)O)CCCCC1)c1cccc(F)c1. The zero-order valence-electron chi connectivity index (χ0n) is 13.0. The van der Waals surface area contributed by atoms with Gasteiger partial charge in [-0.2, -0.15) is 0 Å². The molecule has 1 aromatic rings. The number of nitrogens with zero attached hydrogens (tertiary/aromatic N) is 1. The maximum atomic E-state index is 13.3. The summed E-state index contributed by atoms with van der Waals surface area (Å²) in [5.74, 6) is -2.20. The maximum Gasteiger partial charge on any atom is 0.329 e. The highest BCUT2D eigenvalue weighted by Gasteiger charge is 2.46. The lowest BCUT2D eigenvalue weighted by atomic mass is 9.79. The Labute approximate surface area is 129 Å². The second-order valence-corrected chi connectivity index (χ2v) is 6.07. The number of hydrogen-bond donors (Lipinski definition) is 1. The molecule has 1 aliphatic carbocycles. The molecule has 1 N–H and O–H groups in total. The fraction of sp³-hybridized carbons (Fsp3) is 0.529. The normalized spacial score (nSPS) is 18.5. The van der Waals surface area contributed by atoms with Crippen molar-refractivity contribution in [1.29, 1.82) is 0 Å². The van der Waals surface area contributed by atoms with E-state index in [1.54, 1.807) is 26.1 Å². The van der Waals surface area contributed by atoms with Gasteiger partial charge in [-0.1, -0.05) is 31.4 Å². The predicted molar refractivity (Wildman–Crippen MR) is 81.0 cm³/mol. The van der Waals surface area contributed by atoms with E-state index < -0.39 is 23.2 Å². The van der Waals surface area contributed by atoms with Gasteiger partial charge in [0.15, 0.2) is 0 Å². The number of amides is 1. The summed E-state index contributed by atoms with van der Waals surface area (Å²) in [4.78, 5) is 25.9. The Morgan fingerprint density at radius 3 is 2.45 bits per heavy atom. The van der Waals surface area contributed by atoms with Gasteiger partial charge in [0, 0.05) is 7.05 Å². The van der Waals surface area contributed by atoms with E-state index in [2.05, 4.69) is 0 Å². The number of carbonyl (C=O) groups is 2. The molecule has 0 spiro atoms. The predicted octanol–water partition coefficient (Wildman–Crippen LogP) is 3.18. The second-order valence-electron chi connectivity index (χ2n) is 6.07. The summed E-state index contributed by atoms with van der Waals surface area (Å²) < 4.78 is 13.3. The zero-order valence-corrected chi connectivity index (χ0v) is 13.0. The van der Waals surface area contributed by atoms with Crippen molar-refractivity contribution in [1.82, 2.24) is 4.90 Å². The molecule has 5 heteroatoms. The average Bonchev–Trinajstić information content (AvgIpc) is 2.53. The summed E-state index contributed by atoms with van der Waals surface area (Å²) in [5.41, 5.74) is -0.565. The molecule has 0 bridgehead atoms. The number of carbonyl (C=O) groups excluding carboxylic acids is 1. The third-order valence-electron chi connectivity index (χ3n) is 4.77. The van der Waals surface area contributed by atoms with Crippen molar-refractivity contribution < 1.29 is 19.1 Å². The van der Waals surface area contributed by atoms with Crippen LogP contribution in [-0.2, 0) is 9.59 Å². The van der Waals surface area contributed by atoms with Gasteiger partial charge >= 0.3 is 5.97 Å². The fourth-order valence-corrected chi connectivity index (χ4v) is 3.25. The van der Waals surface area contributed by atoms with Crippen molar-refractivity contribution in [2.45, 2.75) is 50.5 Å². The van der Waals surface area contributed by atoms with Gasteiger partial charge in [0.1, 0.15) is 11.4 Å². The first-order valence-electron chi connectivity index (χ1n) is 7.65. The molecule has 1 amide bonds. The summed E-state index contributed by atoms with van der Waals surface area (Å²) in [7, 11) is 1.55. The van der Waals surface area contributed by atoms with Gasteiger partial charge in [0.05, 0.1) is 5.92 Å². The first kappa shape index (κ1) is 16.5. The van der Waals surface area contributed by atoms with Crippen molar-refractivity contribution >= 4 is 11.9 Å². The monoisotopic (exact) mass is 307 g/mol. The zero-order chi connectivity index (χ0) is 16.3. The van der Waals surface area contributed by atoms with E-state index in [0.717, 1.165) is 19.3 Å². The molecule has 120 valence electrons. The van der Waals surface area contributed by atoms with Gasteiger partial charge in [-0.3, -0.25) is 4.79 Å². The van der Waals surface area contributed by atoms with Crippen LogP contribution in [0.25, 0.3) is 0 Å². The number of halogens is 1. The van der Waals surface area contributed by atoms with Crippen LogP contribution in [-0.4, -0.2) is 34.5 Å². The summed E-state index contributed by atoms with van der Waals surface area (Å²) in [6.07, 6.45) is 3.55. The largest absolute Gasteiger partial charge is 0.479 e. The summed E-state index contributed by atoms with van der Waals surface area (Å²) in [6.45, 7) is 1.69. The van der Waals surface area contributed by atoms with Crippen LogP contribution in [0.1, 0.15) is 50.5 Å². The molecule has 1 fully saturated rings. The van der Waals surface area contributed by atoms with Gasteiger partial charge in [-0.05, 0) is 37.5 Å². The maximum absolute atomic E-state index is 13.3. The van der Waals surface area contributed by atoms with Crippen LogP contribution in [0.5, 0.6) is 0 Å². The lowest BCUT2D eigenvalue weighted by Crippen LogP contribution is -2.57. The van der Waals surface area contributed by atoms with E-state index in [4.69, 9.17) is 0 Å². The van der Waals surface area contributed by atoms with E-state index in [-0.39, 0.29) is 5.91 Å². The lowest BCUT2D eigenvalue weighted by molar-refractivity contribution is -0.160. The molecule has 1 unspecified atom stereocenters. The Balaban J connectivity index is 2.24. The molecule has 0 aliphatic heterocycles. The fourth-order valence-electron chi connectivity index (χ4n) is 3.25. The van der Waals surface area contributed by atoms with Crippen LogP contribution >= 0.6 is 0 Å². The molecule has 1 aliphatic rings. The standard InChI is InChI=1S/C17H22FNO3/c1-12(13-7-6-8-14(18)11-13)15(20)19(2)17(16(21)22)9-4-3-5-10-17/h6-8,11-12H,3-5,9-10H2,1-2H3,(H,21,22). The van der Waals surface area contributed by atoms with Crippen molar-refractivity contribution in [2.24, 2.45) is 0 Å². The number of rotatable bonds is 4.